The van der Waals surface area contributed by atoms with Crippen molar-refractivity contribution in [1.29, 1.82) is 0 Å². The van der Waals surface area contributed by atoms with Gasteiger partial charge in [0.2, 0.25) is 0 Å². The lowest BCUT2D eigenvalue weighted by molar-refractivity contribution is 0.192. The van der Waals surface area contributed by atoms with E-state index in [4.69, 9.17) is 9.84 Å². The molecule has 5 nitrogen and oxygen atoms in total. The summed E-state index contributed by atoms with van der Waals surface area (Å²) < 4.78 is 6.24. The lowest BCUT2D eigenvalue weighted by atomic mass is 10.2. The van der Waals surface area contributed by atoms with Crippen molar-refractivity contribution in [2.24, 2.45) is 0 Å². The van der Waals surface area contributed by atoms with Crippen LogP contribution in [0.3, 0.4) is 0 Å². The molecule has 0 saturated carbocycles. The maximum Gasteiger partial charge on any atom is 0.432 e. The number of ether oxygens (including phenoxy) is 1. The van der Waals surface area contributed by atoms with Gasteiger partial charge in [-0.3, -0.25) is 0 Å². The normalized spacial score (nSPS) is 10.1. The first-order chi connectivity index (χ1) is 7.65. The predicted molar refractivity (Wildman–Crippen MR) is 56.9 cm³/mol. The smallest absolute Gasteiger partial charge is 0.432 e. The Morgan fingerprint density at radius 1 is 1.44 bits per heavy atom. The van der Waals surface area contributed by atoms with Gasteiger partial charge >= 0.3 is 6.09 Å². The summed E-state index contributed by atoms with van der Waals surface area (Å²) in [5.74, 6) is 1.05. The SMILES string of the molecule is Cc1cccc(Oc2cnn(C(=O)O)c2)c1. The van der Waals surface area contributed by atoms with Crippen LogP contribution in [0.1, 0.15) is 5.56 Å². The first kappa shape index (κ1) is 10.2. The Kier molecular flexibility index (Phi) is 2.59. The highest BCUT2D eigenvalue weighted by atomic mass is 16.5. The van der Waals surface area contributed by atoms with Crippen molar-refractivity contribution in [3.63, 3.8) is 0 Å². The minimum Gasteiger partial charge on any atom is -0.463 e. The van der Waals surface area contributed by atoms with Crippen LogP contribution < -0.4 is 4.74 Å². The van der Waals surface area contributed by atoms with Crippen LogP contribution in [-0.4, -0.2) is 21.0 Å². The van der Waals surface area contributed by atoms with Gasteiger partial charge in [0.25, 0.3) is 0 Å². The molecule has 0 aliphatic carbocycles. The summed E-state index contributed by atoms with van der Waals surface area (Å²) in [5.41, 5.74) is 1.07. The van der Waals surface area contributed by atoms with Crippen molar-refractivity contribution in [2.45, 2.75) is 6.92 Å². The highest BCUT2D eigenvalue weighted by molar-refractivity contribution is 5.67. The third-order valence-corrected chi connectivity index (χ3v) is 1.98. The monoisotopic (exact) mass is 218 g/mol. The van der Waals surface area contributed by atoms with E-state index in [2.05, 4.69) is 5.10 Å². The number of hydrogen-bond donors (Lipinski definition) is 1. The predicted octanol–water partition coefficient (Wildman–Crippen LogP) is 2.51. The van der Waals surface area contributed by atoms with E-state index in [1.54, 1.807) is 6.07 Å². The van der Waals surface area contributed by atoms with Gasteiger partial charge in [-0.2, -0.15) is 9.78 Å². The number of rotatable bonds is 2. The minimum absolute atomic E-state index is 0.396. The van der Waals surface area contributed by atoms with Crippen molar-refractivity contribution in [3.8, 4) is 11.5 Å². The number of aromatic nitrogens is 2. The van der Waals surface area contributed by atoms with Crippen LogP contribution in [-0.2, 0) is 0 Å². The third-order valence-electron chi connectivity index (χ3n) is 1.98. The fourth-order valence-electron chi connectivity index (χ4n) is 1.28. The molecular formula is C11H10N2O3. The molecule has 0 bridgehead atoms. The van der Waals surface area contributed by atoms with E-state index >= 15 is 0 Å². The fraction of sp³-hybridized carbons (Fsp3) is 0.0909. The summed E-state index contributed by atoms with van der Waals surface area (Å²) in [7, 11) is 0. The van der Waals surface area contributed by atoms with Crippen molar-refractivity contribution >= 4 is 6.09 Å². The summed E-state index contributed by atoms with van der Waals surface area (Å²) in [5, 5.41) is 12.3. The number of carboxylic acid groups (broad SMARTS) is 1. The zero-order valence-corrected chi connectivity index (χ0v) is 8.62. The summed E-state index contributed by atoms with van der Waals surface area (Å²) in [6.07, 6.45) is 1.53. The van der Waals surface area contributed by atoms with Crippen LogP contribution in [0.15, 0.2) is 36.7 Å². The van der Waals surface area contributed by atoms with E-state index in [1.165, 1.54) is 12.4 Å². The Morgan fingerprint density at radius 3 is 2.88 bits per heavy atom. The highest BCUT2D eigenvalue weighted by Gasteiger charge is 2.05. The van der Waals surface area contributed by atoms with Gasteiger partial charge in [-0.25, -0.2) is 4.79 Å². The number of benzene rings is 1. The van der Waals surface area contributed by atoms with Crippen LogP contribution in [0.25, 0.3) is 0 Å². The number of aryl methyl sites for hydroxylation is 1. The molecule has 1 aromatic heterocycles. The first-order valence-corrected chi connectivity index (χ1v) is 4.67. The van der Waals surface area contributed by atoms with E-state index in [0.29, 0.717) is 11.5 Å². The van der Waals surface area contributed by atoms with Crippen LogP contribution in [0, 0.1) is 6.92 Å². The second kappa shape index (κ2) is 4.06. The largest absolute Gasteiger partial charge is 0.463 e. The molecule has 2 aromatic rings. The molecule has 0 unspecified atom stereocenters. The maximum absolute atomic E-state index is 10.6. The van der Waals surface area contributed by atoms with E-state index in [0.717, 1.165) is 10.2 Å². The van der Waals surface area contributed by atoms with Gasteiger partial charge in [0.1, 0.15) is 5.75 Å². The van der Waals surface area contributed by atoms with Gasteiger partial charge in [-0.15, -0.1) is 0 Å². The second-order valence-corrected chi connectivity index (χ2v) is 3.32. The van der Waals surface area contributed by atoms with Gasteiger partial charge in [-0.05, 0) is 24.6 Å². The number of carbonyl (C=O) groups is 1. The Hall–Kier alpha value is -2.30. The van der Waals surface area contributed by atoms with Gasteiger partial charge < -0.3 is 9.84 Å². The van der Waals surface area contributed by atoms with Crippen molar-refractivity contribution < 1.29 is 14.6 Å². The van der Waals surface area contributed by atoms with Crippen molar-refractivity contribution in [2.75, 3.05) is 0 Å². The van der Waals surface area contributed by atoms with Gasteiger partial charge in [0, 0.05) is 0 Å². The standard InChI is InChI=1S/C11H10N2O3/c1-8-3-2-4-9(5-8)16-10-6-12-13(7-10)11(14)15/h2-7H,1H3,(H,14,15). The molecule has 5 heteroatoms. The molecule has 0 radical (unpaired) electrons. The average molecular weight is 218 g/mol. The first-order valence-electron chi connectivity index (χ1n) is 4.67. The van der Waals surface area contributed by atoms with Crippen LogP contribution >= 0.6 is 0 Å². The Bertz CT molecular complexity index is 519. The molecule has 0 spiro atoms. The zero-order valence-electron chi connectivity index (χ0n) is 8.62. The molecule has 0 saturated heterocycles. The topological polar surface area (TPSA) is 64.4 Å². The summed E-state index contributed by atoms with van der Waals surface area (Å²) in [4.78, 5) is 10.6. The molecule has 2 rings (SSSR count). The molecule has 1 N–H and O–H groups in total. The number of nitrogens with zero attached hydrogens (tertiary/aromatic N) is 2. The van der Waals surface area contributed by atoms with E-state index in [9.17, 15) is 4.79 Å². The molecule has 0 aliphatic heterocycles. The lowest BCUT2D eigenvalue weighted by Crippen LogP contribution is -2.07. The molecule has 1 aromatic carbocycles. The quantitative estimate of drug-likeness (QED) is 0.841. The summed E-state index contributed by atoms with van der Waals surface area (Å²) >= 11 is 0. The molecule has 0 amide bonds. The average Bonchev–Trinajstić information content (AvgIpc) is 2.66. The molecule has 1 heterocycles. The van der Waals surface area contributed by atoms with Crippen LogP contribution in [0.2, 0.25) is 0 Å². The van der Waals surface area contributed by atoms with Gasteiger partial charge in [-0.1, -0.05) is 12.1 Å². The van der Waals surface area contributed by atoms with Crippen LogP contribution in [0.4, 0.5) is 4.79 Å². The second-order valence-electron chi connectivity index (χ2n) is 3.32. The Balaban J connectivity index is 2.17. The molecule has 0 aliphatic rings. The fourth-order valence-corrected chi connectivity index (χ4v) is 1.28. The molecule has 0 atom stereocenters. The maximum atomic E-state index is 10.6. The van der Waals surface area contributed by atoms with Crippen molar-refractivity contribution in [3.05, 3.63) is 42.2 Å². The Labute approximate surface area is 91.9 Å². The highest BCUT2D eigenvalue weighted by Crippen LogP contribution is 2.21. The lowest BCUT2D eigenvalue weighted by Gasteiger charge is -2.02. The Morgan fingerprint density at radius 2 is 2.25 bits per heavy atom. The molecule has 0 fully saturated rings. The van der Waals surface area contributed by atoms with Gasteiger partial charge in [0.15, 0.2) is 5.75 Å². The third kappa shape index (κ3) is 2.20. The zero-order chi connectivity index (χ0) is 11.5. The number of hydrogen-bond acceptors (Lipinski definition) is 3. The summed E-state index contributed by atoms with van der Waals surface area (Å²) in [6.45, 7) is 1.95. The van der Waals surface area contributed by atoms with E-state index in [-0.39, 0.29) is 0 Å². The van der Waals surface area contributed by atoms with Gasteiger partial charge in [0.05, 0.1) is 12.4 Å². The summed E-state index contributed by atoms with van der Waals surface area (Å²) in [6, 6.07) is 7.48. The van der Waals surface area contributed by atoms with E-state index < -0.39 is 6.09 Å². The van der Waals surface area contributed by atoms with Crippen molar-refractivity contribution in [1.82, 2.24) is 9.78 Å². The van der Waals surface area contributed by atoms with Crippen LogP contribution in [0.5, 0.6) is 11.5 Å². The minimum atomic E-state index is -1.14. The molecular weight excluding hydrogens is 208 g/mol. The molecule has 16 heavy (non-hydrogen) atoms. The van der Waals surface area contributed by atoms with E-state index in [1.807, 2.05) is 25.1 Å². The molecule has 82 valence electrons.